The van der Waals surface area contributed by atoms with Crippen LogP contribution in [0.5, 0.6) is 0 Å². The SMILES string of the molecule is CN1C=CN(c2[c-]cc(-c3ccc(-c4ccccc4)cc3)cc2)[CH-]1.CN1C=CN(c2[c-]cc(-c3ccc(-c4ccccc4)cc3)cc2)[CH-]1.CN1[CH-]N(c2[c-]cc(-c3ccc(-c4ccccc4)cc3)cc2)c2ccccc21.Cc1c[c-]c(-c2cc(C)n[n-]2)cc1.Cc1cc(-c2[c-]cc(C(C)(C)C)cc2)[n-]n1.Cc1cc[c-]c(-c2nc(C(C)(C)C)n[n-]2)c1.[Pt+4].[Pt+4].[Pt+4]. The Kier molecular flexibility index (Phi) is 32.2. The molecule has 0 saturated carbocycles. The molecule has 3 aliphatic rings. The van der Waals surface area contributed by atoms with Crippen LogP contribution < -0.4 is 34.9 Å². The zero-order valence-electron chi connectivity index (χ0n) is 71.7. The van der Waals surface area contributed by atoms with Gasteiger partial charge in [0.05, 0.1) is 0 Å². The molecule has 3 aromatic heterocycles. The minimum absolute atomic E-state index is 0. The molecule has 19 rings (SSSR count). The van der Waals surface area contributed by atoms with Crippen molar-refractivity contribution in [3.8, 4) is 101 Å². The molecule has 13 aromatic carbocycles. The minimum Gasteiger partial charge on any atom is -0.619 e. The maximum Gasteiger partial charge on any atom is 4.00 e. The summed E-state index contributed by atoms with van der Waals surface area (Å²) in [6.07, 6.45) is 8.09. The topological polar surface area (TPSA) is 113 Å². The standard InChI is InChI=1S/C26H20N2.2C22H18N2.C14H16N2.C13H15N3.C11H10N2.3Pt/c1-27-19-28(26-10-6-5-9-25(26)27)24-17-15-23(16-18-24)22-13-11-21(12-14-22)20-7-3-2-4-8-20;2*1-23-15-16-24(17-23)22-13-11-21(12-14-22)20-9-7-19(8-10-20)18-5-3-2-4-6-18;1-10-9-13(16-15-10)11-5-7-12(8-6-11)14(2,3)4;1-9-6-5-7-10(8-9)11-14-12(16-15-11)13(2,3)4;1-8-3-5-10(6-4-8)11-7-9(2)12-13-11;;;/h2-17,19H,1H3;2*2-13,15-17H,1H3;5,7-9H,1-4H3;5-6,8H,1-4H3;3-5,7H,1-2H3;;;/q6*-2;3*+4. The Bertz CT molecular complexity index is 5870. The van der Waals surface area contributed by atoms with E-state index in [0.717, 1.165) is 62.4 Å². The molecule has 0 fully saturated rings. The minimum atomic E-state index is -0.0604. The van der Waals surface area contributed by atoms with Gasteiger partial charge in [-0.3, -0.25) is 5.10 Å². The molecule has 0 atom stereocenters. The second-order valence-electron chi connectivity index (χ2n) is 32.0. The van der Waals surface area contributed by atoms with Gasteiger partial charge in [0.25, 0.3) is 0 Å². The van der Waals surface area contributed by atoms with Gasteiger partial charge in [0.2, 0.25) is 0 Å². The smallest absolute Gasteiger partial charge is 0.619 e. The molecule has 624 valence electrons. The largest absolute Gasteiger partial charge is 4.00 e. The number of nitrogens with zero attached hydrogens (tertiary/aromatic N) is 13. The zero-order valence-corrected chi connectivity index (χ0v) is 78.6. The van der Waals surface area contributed by atoms with Crippen molar-refractivity contribution in [2.24, 2.45) is 0 Å². The van der Waals surface area contributed by atoms with E-state index in [1.807, 2.05) is 169 Å². The van der Waals surface area contributed by atoms with Gasteiger partial charge in [-0.2, -0.15) is 91.3 Å². The number of fused-ring (bicyclic) bond motifs is 1. The molecule has 0 saturated heterocycles. The third kappa shape index (κ3) is 24.6. The summed E-state index contributed by atoms with van der Waals surface area (Å²) < 4.78 is 0. The van der Waals surface area contributed by atoms with Gasteiger partial charge in [0.1, 0.15) is 0 Å². The van der Waals surface area contributed by atoms with Gasteiger partial charge in [0, 0.05) is 28.6 Å². The predicted molar refractivity (Wildman–Crippen MR) is 497 cm³/mol. The maximum atomic E-state index is 4.44. The molecule has 0 N–H and O–H groups in total. The number of benzene rings is 13. The van der Waals surface area contributed by atoms with Crippen LogP contribution in [0.1, 0.15) is 75.4 Å². The monoisotopic (exact) mass is 2160 g/mol. The Morgan fingerprint density at radius 1 is 0.315 bits per heavy atom. The van der Waals surface area contributed by atoms with Crippen molar-refractivity contribution in [1.29, 1.82) is 0 Å². The molecule has 124 heavy (non-hydrogen) atoms. The van der Waals surface area contributed by atoms with Crippen LogP contribution in [0.15, 0.2) is 334 Å². The van der Waals surface area contributed by atoms with E-state index in [1.165, 1.54) is 94.8 Å². The van der Waals surface area contributed by atoms with E-state index in [0.29, 0.717) is 5.82 Å². The molecule has 0 bridgehead atoms. The molecular formula is C108H97N13Pt3. The number of aromatic nitrogens is 7. The third-order valence-electron chi connectivity index (χ3n) is 20.4. The predicted octanol–water partition coefficient (Wildman–Crippen LogP) is 24.6. The molecule has 0 spiro atoms. The van der Waals surface area contributed by atoms with Crippen LogP contribution in [-0.2, 0) is 74.0 Å². The molecule has 13 nitrogen and oxygen atoms in total. The van der Waals surface area contributed by atoms with Gasteiger partial charge in [-0.05, 0) is 116 Å². The van der Waals surface area contributed by atoms with E-state index in [9.17, 15) is 0 Å². The summed E-state index contributed by atoms with van der Waals surface area (Å²) in [5, 5.41) is 24.3. The molecule has 16 heteroatoms. The van der Waals surface area contributed by atoms with E-state index < -0.39 is 0 Å². The molecular weight excluding hydrogens is 2060 g/mol. The molecule has 0 unspecified atom stereocenters. The van der Waals surface area contributed by atoms with Crippen LogP contribution in [0, 0.1) is 84.1 Å². The quantitative estimate of drug-likeness (QED) is 0.108. The van der Waals surface area contributed by atoms with Gasteiger partial charge in [-0.25, -0.2) is 11.4 Å². The zero-order chi connectivity index (χ0) is 84.4. The number of hydrogen-bond donors (Lipinski definition) is 0. The summed E-state index contributed by atoms with van der Waals surface area (Å²) in [5.41, 5.74) is 30.5. The summed E-state index contributed by atoms with van der Waals surface area (Å²) in [7, 11) is 6.10. The van der Waals surface area contributed by atoms with Crippen molar-refractivity contribution in [3.05, 3.63) is 424 Å². The second kappa shape index (κ2) is 43.2. The van der Waals surface area contributed by atoms with Gasteiger partial charge < -0.3 is 59.9 Å². The maximum absolute atomic E-state index is 4.44. The van der Waals surface area contributed by atoms with Gasteiger partial charge in [0.15, 0.2) is 0 Å². The van der Waals surface area contributed by atoms with Gasteiger partial charge in [-0.1, -0.05) is 260 Å². The molecule has 3 aliphatic heterocycles. The van der Waals surface area contributed by atoms with Crippen LogP contribution in [-0.4, -0.2) is 51.2 Å². The molecule has 6 heterocycles. The molecule has 16 aromatic rings. The van der Waals surface area contributed by atoms with Crippen LogP contribution in [0.25, 0.3) is 101 Å². The second-order valence-corrected chi connectivity index (χ2v) is 32.0. The first-order valence-electron chi connectivity index (χ1n) is 40.5. The molecule has 0 radical (unpaired) electrons. The Labute approximate surface area is 776 Å². The first-order valence-corrected chi connectivity index (χ1v) is 40.5. The number of rotatable bonds is 12. The first kappa shape index (κ1) is 92.5. The summed E-state index contributed by atoms with van der Waals surface area (Å²) >= 11 is 0. The van der Waals surface area contributed by atoms with Crippen molar-refractivity contribution in [2.75, 3.05) is 40.7 Å². The average Bonchev–Trinajstić information content (AvgIpc) is 1.57. The average molecular weight is 2160 g/mol. The van der Waals surface area contributed by atoms with E-state index in [-0.39, 0.29) is 74.0 Å². The van der Waals surface area contributed by atoms with Crippen molar-refractivity contribution >= 4 is 28.4 Å². The fraction of sp³-hybridized carbons (Fsp3) is 0.139. The summed E-state index contributed by atoms with van der Waals surface area (Å²) in [6.45, 7) is 26.9. The fourth-order valence-corrected chi connectivity index (χ4v) is 13.5. The van der Waals surface area contributed by atoms with Gasteiger partial charge >= 0.3 is 63.2 Å². The molecule has 0 amide bonds. The Morgan fingerprint density at radius 2 is 0.710 bits per heavy atom. The van der Waals surface area contributed by atoms with Gasteiger partial charge in [-0.15, -0.1) is 147 Å². The van der Waals surface area contributed by atoms with Crippen LogP contribution in [0.3, 0.4) is 0 Å². The number of aryl methyl sites for hydroxylation is 4. The normalized spacial score (nSPS) is 12.3. The fourth-order valence-electron chi connectivity index (χ4n) is 13.5. The summed E-state index contributed by atoms with van der Waals surface area (Å²) in [5.74, 6) is 1.44. The Morgan fingerprint density at radius 3 is 1.06 bits per heavy atom. The summed E-state index contributed by atoms with van der Waals surface area (Å²) in [4.78, 5) is 16.9. The van der Waals surface area contributed by atoms with Crippen molar-refractivity contribution in [2.45, 2.75) is 80.1 Å². The number of anilines is 5. The van der Waals surface area contributed by atoms with E-state index in [4.69, 9.17) is 0 Å². The molecule has 0 aliphatic carbocycles. The van der Waals surface area contributed by atoms with E-state index in [1.54, 1.807) is 0 Å². The van der Waals surface area contributed by atoms with Crippen LogP contribution in [0.2, 0.25) is 0 Å². The van der Waals surface area contributed by atoms with E-state index >= 15 is 0 Å². The number of para-hydroxylation sites is 2. The van der Waals surface area contributed by atoms with Crippen molar-refractivity contribution < 1.29 is 63.2 Å². The van der Waals surface area contributed by atoms with Crippen LogP contribution in [0.4, 0.5) is 28.4 Å². The third-order valence-corrected chi connectivity index (χ3v) is 20.4. The van der Waals surface area contributed by atoms with Crippen molar-refractivity contribution in [3.63, 3.8) is 0 Å². The summed E-state index contributed by atoms with van der Waals surface area (Å²) in [6, 6.07) is 127. The van der Waals surface area contributed by atoms with E-state index in [2.05, 4.69) is 377 Å². The first-order chi connectivity index (χ1) is 58.6. The van der Waals surface area contributed by atoms with Crippen molar-refractivity contribution in [1.82, 2.24) is 45.4 Å². The number of hydrogen-bond acceptors (Lipinski definition) is 10. The van der Waals surface area contributed by atoms with Crippen LogP contribution >= 0.6 is 0 Å². The Hall–Kier alpha value is -12.2. The Balaban J connectivity index is 0.000000147.